The predicted octanol–water partition coefficient (Wildman–Crippen LogP) is 8.54. The van der Waals surface area contributed by atoms with Crippen LogP contribution in [0.1, 0.15) is 5.56 Å². The SMILES string of the molecule is N#Cc1cncc(-c2ccc(-c3ccc4c5c6ccccc6ccc5n(-c5ccccc5)c4c3)cc2)c1. The van der Waals surface area contributed by atoms with Gasteiger partial charge in [-0.1, -0.05) is 84.9 Å². The van der Waals surface area contributed by atoms with E-state index in [4.69, 9.17) is 0 Å². The van der Waals surface area contributed by atoms with Crippen molar-refractivity contribution in [2.75, 3.05) is 0 Å². The molecule has 37 heavy (non-hydrogen) atoms. The third-order valence-electron chi connectivity index (χ3n) is 7.09. The molecule has 0 unspecified atom stereocenters. The number of benzene rings is 5. The van der Waals surface area contributed by atoms with Crippen LogP contribution >= 0.6 is 0 Å². The lowest BCUT2D eigenvalue weighted by Gasteiger charge is -2.09. The van der Waals surface area contributed by atoms with Gasteiger partial charge in [-0.3, -0.25) is 4.98 Å². The first kappa shape index (κ1) is 21.1. The van der Waals surface area contributed by atoms with Crippen LogP contribution in [0.5, 0.6) is 0 Å². The van der Waals surface area contributed by atoms with Crippen molar-refractivity contribution in [3.8, 4) is 34.0 Å². The molecular formula is C34H21N3. The average molecular weight is 472 g/mol. The first-order chi connectivity index (χ1) is 18.3. The molecule has 0 aliphatic rings. The highest BCUT2D eigenvalue weighted by molar-refractivity contribution is 6.21. The Labute approximate surface area is 214 Å². The van der Waals surface area contributed by atoms with Gasteiger partial charge in [-0.2, -0.15) is 5.26 Å². The van der Waals surface area contributed by atoms with E-state index in [0.29, 0.717) is 5.56 Å². The molecule has 3 heteroatoms. The van der Waals surface area contributed by atoms with Crippen molar-refractivity contribution in [3.63, 3.8) is 0 Å². The van der Waals surface area contributed by atoms with Gasteiger partial charge in [-0.15, -0.1) is 0 Å². The van der Waals surface area contributed by atoms with Gasteiger partial charge in [0, 0.05) is 34.4 Å². The van der Waals surface area contributed by atoms with Crippen molar-refractivity contribution in [2.45, 2.75) is 0 Å². The maximum atomic E-state index is 9.21. The second-order valence-electron chi connectivity index (χ2n) is 9.24. The van der Waals surface area contributed by atoms with Crippen molar-refractivity contribution in [2.24, 2.45) is 0 Å². The number of nitrogens with zero attached hydrogens (tertiary/aromatic N) is 3. The minimum atomic E-state index is 0.563. The molecule has 0 atom stereocenters. The van der Waals surface area contributed by atoms with Crippen molar-refractivity contribution in [3.05, 3.63) is 133 Å². The Bertz CT molecular complexity index is 1970. The largest absolute Gasteiger partial charge is 0.309 e. The lowest BCUT2D eigenvalue weighted by molar-refractivity contribution is 1.18. The summed E-state index contributed by atoms with van der Waals surface area (Å²) < 4.78 is 2.37. The van der Waals surface area contributed by atoms with Crippen LogP contribution in [-0.4, -0.2) is 9.55 Å². The number of nitriles is 1. The Balaban J connectivity index is 1.43. The maximum Gasteiger partial charge on any atom is 0.101 e. The molecule has 2 heterocycles. The fraction of sp³-hybridized carbons (Fsp3) is 0. The molecule has 0 aliphatic heterocycles. The molecule has 7 rings (SSSR count). The van der Waals surface area contributed by atoms with Crippen LogP contribution in [0.2, 0.25) is 0 Å². The lowest BCUT2D eigenvalue weighted by atomic mass is 9.99. The highest BCUT2D eigenvalue weighted by Crippen LogP contribution is 2.38. The number of para-hydroxylation sites is 1. The van der Waals surface area contributed by atoms with E-state index in [1.165, 1.54) is 32.6 Å². The van der Waals surface area contributed by atoms with Gasteiger partial charge in [0.1, 0.15) is 6.07 Å². The number of aromatic nitrogens is 2. The van der Waals surface area contributed by atoms with E-state index >= 15 is 0 Å². The summed E-state index contributed by atoms with van der Waals surface area (Å²) >= 11 is 0. The summed E-state index contributed by atoms with van der Waals surface area (Å²) in [6, 6.07) is 42.9. The number of hydrogen-bond acceptors (Lipinski definition) is 2. The van der Waals surface area contributed by atoms with E-state index in [9.17, 15) is 5.26 Å². The molecule has 5 aromatic carbocycles. The smallest absolute Gasteiger partial charge is 0.101 e. The monoisotopic (exact) mass is 471 g/mol. The molecule has 0 bridgehead atoms. The molecule has 0 N–H and O–H groups in total. The van der Waals surface area contributed by atoms with Crippen LogP contribution in [0.25, 0.3) is 60.5 Å². The third kappa shape index (κ3) is 3.47. The second kappa shape index (κ2) is 8.48. The Morgan fingerprint density at radius 2 is 1.30 bits per heavy atom. The van der Waals surface area contributed by atoms with E-state index in [1.54, 1.807) is 12.4 Å². The second-order valence-corrected chi connectivity index (χ2v) is 9.24. The zero-order valence-electron chi connectivity index (χ0n) is 20.0. The Morgan fingerprint density at radius 3 is 2.11 bits per heavy atom. The quantitative estimate of drug-likeness (QED) is 0.259. The third-order valence-corrected chi connectivity index (χ3v) is 7.09. The molecule has 3 nitrogen and oxygen atoms in total. The maximum absolute atomic E-state index is 9.21. The van der Waals surface area contributed by atoms with Gasteiger partial charge in [0.25, 0.3) is 0 Å². The molecule has 0 saturated carbocycles. The zero-order chi connectivity index (χ0) is 24.8. The van der Waals surface area contributed by atoms with Crippen LogP contribution in [-0.2, 0) is 0 Å². The number of hydrogen-bond donors (Lipinski definition) is 0. The topological polar surface area (TPSA) is 41.6 Å². The van der Waals surface area contributed by atoms with Gasteiger partial charge < -0.3 is 4.57 Å². The molecule has 0 aliphatic carbocycles. The fourth-order valence-electron chi connectivity index (χ4n) is 5.34. The Kier molecular flexibility index (Phi) is 4.84. The van der Waals surface area contributed by atoms with E-state index in [0.717, 1.165) is 27.9 Å². The zero-order valence-corrected chi connectivity index (χ0v) is 20.0. The van der Waals surface area contributed by atoms with Gasteiger partial charge in [0.2, 0.25) is 0 Å². The molecule has 7 aromatic rings. The van der Waals surface area contributed by atoms with Crippen molar-refractivity contribution in [1.82, 2.24) is 9.55 Å². The highest BCUT2D eigenvalue weighted by Gasteiger charge is 2.15. The number of rotatable bonds is 3. The van der Waals surface area contributed by atoms with Crippen LogP contribution in [0.4, 0.5) is 0 Å². The van der Waals surface area contributed by atoms with Gasteiger partial charge in [-0.25, -0.2) is 0 Å². The predicted molar refractivity (Wildman–Crippen MR) is 152 cm³/mol. The minimum absolute atomic E-state index is 0.563. The van der Waals surface area contributed by atoms with Crippen molar-refractivity contribution < 1.29 is 0 Å². The first-order valence-corrected chi connectivity index (χ1v) is 12.3. The lowest BCUT2D eigenvalue weighted by Crippen LogP contribution is -1.93. The van der Waals surface area contributed by atoms with Crippen LogP contribution < -0.4 is 0 Å². The van der Waals surface area contributed by atoms with E-state index in [2.05, 4.69) is 125 Å². The Hall–Kier alpha value is -5.20. The summed E-state index contributed by atoms with van der Waals surface area (Å²) in [6.45, 7) is 0. The molecule has 0 radical (unpaired) electrons. The van der Waals surface area contributed by atoms with Crippen LogP contribution in [0.15, 0.2) is 128 Å². The first-order valence-electron chi connectivity index (χ1n) is 12.3. The molecule has 0 saturated heterocycles. The van der Waals surface area contributed by atoms with E-state index in [-0.39, 0.29) is 0 Å². The Morgan fingerprint density at radius 1 is 0.568 bits per heavy atom. The minimum Gasteiger partial charge on any atom is -0.309 e. The summed E-state index contributed by atoms with van der Waals surface area (Å²) in [7, 11) is 0. The summed E-state index contributed by atoms with van der Waals surface area (Å²) in [6.07, 6.45) is 3.38. The molecule has 172 valence electrons. The van der Waals surface area contributed by atoms with Gasteiger partial charge in [0.15, 0.2) is 0 Å². The average Bonchev–Trinajstić information content (AvgIpc) is 3.32. The summed E-state index contributed by atoms with van der Waals surface area (Å²) in [5.74, 6) is 0. The fourth-order valence-corrected chi connectivity index (χ4v) is 5.34. The summed E-state index contributed by atoms with van der Waals surface area (Å²) in [4.78, 5) is 4.20. The molecule has 0 spiro atoms. The summed E-state index contributed by atoms with van der Waals surface area (Å²) in [5.41, 5.74) is 8.39. The standard InChI is InChI=1S/C34H21N3/c35-20-23-18-28(22-36-21-23)25-12-10-24(11-13-25)27-14-16-31-33(19-27)37(29-7-2-1-3-8-29)32-17-15-26-6-4-5-9-30(26)34(31)32/h1-19,21-22H. The van der Waals surface area contributed by atoms with Gasteiger partial charge >= 0.3 is 0 Å². The molecule has 2 aromatic heterocycles. The van der Waals surface area contributed by atoms with Gasteiger partial charge in [-0.05, 0) is 57.8 Å². The van der Waals surface area contributed by atoms with Crippen LogP contribution in [0, 0.1) is 11.3 Å². The van der Waals surface area contributed by atoms with Crippen molar-refractivity contribution in [1.29, 1.82) is 5.26 Å². The number of fused-ring (bicyclic) bond motifs is 5. The molecule has 0 fully saturated rings. The van der Waals surface area contributed by atoms with Crippen molar-refractivity contribution >= 4 is 32.6 Å². The molecular weight excluding hydrogens is 450 g/mol. The van der Waals surface area contributed by atoms with Gasteiger partial charge in [0.05, 0.1) is 16.6 Å². The summed E-state index contributed by atoms with van der Waals surface area (Å²) in [5, 5.41) is 14.3. The number of pyridine rings is 1. The van der Waals surface area contributed by atoms with E-state index in [1.807, 2.05) is 6.07 Å². The van der Waals surface area contributed by atoms with E-state index < -0.39 is 0 Å². The normalized spacial score (nSPS) is 11.2. The van der Waals surface area contributed by atoms with Crippen LogP contribution in [0.3, 0.4) is 0 Å². The highest BCUT2D eigenvalue weighted by atomic mass is 15.0. The molecule has 0 amide bonds.